The lowest BCUT2D eigenvalue weighted by molar-refractivity contribution is -0.939. The molecular weight excluding hydrogens is 516 g/mol. The number of halogens is 1. The molecule has 6 rings (SSSR count). The van der Waals surface area contributed by atoms with E-state index in [1.54, 1.807) is 24.5 Å². The highest BCUT2D eigenvalue weighted by Crippen LogP contribution is 2.42. The number of esters is 1. The Balaban J connectivity index is 0.00000289. The van der Waals surface area contributed by atoms with Gasteiger partial charge in [-0.2, -0.15) is 0 Å². The van der Waals surface area contributed by atoms with Crippen molar-refractivity contribution in [2.75, 3.05) is 31.5 Å². The molecule has 2 bridgehead atoms. The summed E-state index contributed by atoms with van der Waals surface area (Å²) in [6, 6.07) is 3.36. The highest BCUT2D eigenvalue weighted by atomic mass is 79.9. The number of nitrogens with one attached hydrogen (secondary N) is 1. The molecule has 3 aliphatic heterocycles. The number of furan rings is 1. The molecular formula is C25H33BrN4O5. The fourth-order valence-corrected chi connectivity index (χ4v) is 6.16. The van der Waals surface area contributed by atoms with E-state index in [9.17, 15) is 14.7 Å². The minimum absolute atomic E-state index is 0. The number of carbonyl (C=O) groups is 2. The van der Waals surface area contributed by atoms with E-state index in [1.807, 2.05) is 0 Å². The second kappa shape index (κ2) is 10.8. The molecule has 4 fully saturated rings. The number of anilines is 1. The lowest BCUT2D eigenvalue weighted by Crippen LogP contribution is -3.00. The van der Waals surface area contributed by atoms with Crippen LogP contribution in [-0.2, 0) is 19.9 Å². The summed E-state index contributed by atoms with van der Waals surface area (Å²) in [4.78, 5) is 34.4. The number of hydrogen-bond acceptors (Lipinski definition) is 7. The van der Waals surface area contributed by atoms with E-state index < -0.39 is 11.6 Å². The summed E-state index contributed by atoms with van der Waals surface area (Å²) < 4.78 is 11.9. The molecule has 0 radical (unpaired) electrons. The van der Waals surface area contributed by atoms with E-state index in [0.29, 0.717) is 22.5 Å². The maximum absolute atomic E-state index is 13.6. The average Bonchev–Trinajstić information content (AvgIpc) is 3.40. The van der Waals surface area contributed by atoms with Crippen LogP contribution in [0.3, 0.4) is 0 Å². The third-order valence-electron chi connectivity index (χ3n) is 8.06. The van der Waals surface area contributed by atoms with E-state index >= 15 is 0 Å². The first-order chi connectivity index (χ1) is 16.5. The third-order valence-corrected chi connectivity index (χ3v) is 8.06. The molecule has 0 spiro atoms. The molecule has 3 saturated heterocycles. The first-order valence-electron chi connectivity index (χ1n) is 12.4. The van der Waals surface area contributed by atoms with Gasteiger partial charge < -0.3 is 35.7 Å². The number of aliphatic hydroxyl groups is 1. The molecule has 10 heteroatoms. The highest BCUT2D eigenvalue weighted by molar-refractivity contribution is 5.89. The van der Waals surface area contributed by atoms with Crippen LogP contribution in [0.2, 0.25) is 0 Å². The Morgan fingerprint density at radius 3 is 2.51 bits per heavy atom. The maximum Gasteiger partial charge on any atom is 0.343 e. The Bertz CT molecular complexity index is 991. The second-order valence-electron chi connectivity index (χ2n) is 10.1. The van der Waals surface area contributed by atoms with E-state index in [1.165, 1.54) is 12.5 Å². The predicted molar refractivity (Wildman–Crippen MR) is 122 cm³/mol. The summed E-state index contributed by atoms with van der Waals surface area (Å²) in [5, 5.41) is 14.5. The van der Waals surface area contributed by atoms with Gasteiger partial charge in [-0.25, -0.2) is 14.8 Å². The summed E-state index contributed by atoms with van der Waals surface area (Å²) in [5.74, 6) is -0.372. The molecule has 2 N–H and O–H groups in total. The molecule has 1 amide bonds. The van der Waals surface area contributed by atoms with Crippen LogP contribution in [0, 0.1) is 11.8 Å². The molecule has 2 aromatic rings. The van der Waals surface area contributed by atoms with Crippen LogP contribution in [-0.4, -0.2) is 63.7 Å². The molecule has 4 aliphatic rings. The zero-order valence-electron chi connectivity index (χ0n) is 19.8. The fraction of sp³-hybridized carbons (Fsp3) is 0.600. The SMILES string of the molecule is O=C(C[N+]12CCC(CC1)[C@@H](OC(=O)C(O)(c1ccoc1)C1CCCCC1)C2)Nc1ncccn1.[Br-]. The molecule has 190 valence electrons. The number of nitrogens with zero attached hydrogens (tertiary/aromatic N) is 3. The van der Waals surface area contributed by atoms with E-state index in [0.717, 1.165) is 58.0 Å². The van der Waals surface area contributed by atoms with Gasteiger partial charge >= 0.3 is 5.97 Å². The maximum atomic E-state index is 13.6. The summed E-state index contributed by atoms with van der Waals surface area (Å²) in [5.41, 5.74) is -1.23. The number of hydrogen-bond donors (Lipinski definition) is 2. The largest absolute Gasteiger partial charge is 1.00 e. The fourth-order valence-electron chi connectivity index (χ4n) is 6.16. The molecule has 9 nitrogen and oxygen atoms in total. The van der Waals surface area contributed by atoms with Crippen molar-refractivity contribution in [3.8, 4) is 0 Å². The van der Waals surface area contributed by atoms with E-state index in [-0.39, 0.29) is 47.4 Å². The summed E-state index contributed by atoms with van der Waals surface area (Å²) in [7, 11) is 0. The van der Waals surface area contributed by atoms with Crippen molar-refractivity contribution in [2.45, 2.75) is 56.7 Å². The number of aromatic nitrogens is 2. The Morgan fingerprint density at radius 2 is 1.86 bits per heavy atom. The van der Waals surface area contributed by atoms with Gasteiger partial charge in [-0.1, -0.05) is 19.3 Å². The van der Waals surface area contributed by atoms with Crippen molar-refractivity contribution in [1.29, 1.82) is 0 Å². The van der Waals surface area contributed by atoms with Gasteiger partial charge in [-0.05, 0) is 25.0 Å². The average molecular weight is 549 g/mol. The Morgan fingerprint density at radius 1 is 1.14 bits per heavy atom. The Kier molecular flexibility index (Phi) is 7.92. The molecule has 5 heterocycles. The lowest BCUT2D eigenvalue weighted by atomic mass is 9.74. The molecule has 1 aliphatic carbocycles. The van der Waals surface area contributed by atoms with Crippen molar-refractivity contribution in [1.82, 2.24) is 9.97 Å². The van der Waals surface area contributed by atoms with Gasteiger partial charge in [0.1, 0.15) is 6.54 Å². The van der Waals surface area contributed by atoms with Crippen molar-refractivity contribution in [2.24, 2.45) is 11.8 Å². The van der Waals surface area contributed by atoms with Gasteiger partial charge in [0.15, 0.2) is 18.2 Å². The number of quaternary nitrogens is 1. The van der Waals surface area contributed by atoms with Crippen molar-refractivity contribution in [3.05, 3.63) is 42.6 Å². The number of amides is 1. The Labute approximate surface area is 215 Å². The van der Waals surface area contributed by atoms with E-state index in [4.69, 9.17) is 9.15 Å². The number of fused-ring (bicyclic) bond motifs is 3. The van der Waals surface area contributed by atoms with Gasteiger partial charge in [-0.3, -0.25) is 10.1 Å². The molecule has 1 unspecified atom stereocenters. The van der Waals surface area contributed by atoms with Crippen LogP contribution >= 0.6 is 0 Å². The predicted octanol–water partition coefficient (Wildman–Crippen LogP) is -0.368. The number of carbonyl (C=O) groups excluding carboxylic acids is 2. The van der Waals surface area contributed by atoms with Gasteiger partial charge in [0.05, 0.1) is 25.6 Å². The number of piperidine rings is 3. The lowest BCUT2D eigenvalue weighted by Gasteiger charge is -2.52. The van der Waals surface area contributed by atoms with Crippen LogP contribution in [0.5, 0.6) is 0 Å². The second-order valence-corrected chi connectivity index (χ2v) is 10.1. The monoisotopic (exact) mass is 548 g/mol. The highest BCUT2D eigenvalue weighted by Gasteiger charge is 2.53. The molecule has 35 heavy (non-hydrogen) atoms. The van der Waals surface area contributed by atoms with Gasteiger partial charge in [-0.15, -0.1) is 0 Å². The van der Waals surface area contributed by atoms with Crippen molar-refractivity contribution in [3.63, 3.8) is 0 Å². The van der Waals surface area contributed by atoms with Crippen LogP contribution in [0.1, 0.15) is 50.5 Å². The van der Waals surface area contributed by atoms with Gasteiger partial charge in [0.25, 0.3) is 5.91 Å². The molecule has 0 aromatic carbocycles. The van der Waals surface area contributed by atoms with Crippen molar-refractivity contribution < 1.29 is 45.3 Å². The number of rotatable bonds is 7. The standard InChI is InChI=1S/C25H32N4O5.BrH/c30-22(28-24-26-10-4-11-27-24)16-29-12-7-18(8-13-29)21(15-29)34-23(31)25(32,20-9-14-33-17-20)19-5-2-1-3-6-19;/h4,9-11,14,17-19,21,32H,1-3,5-8,12-13,15-16H2;1H/t18?,21-,25?,29?;/m0./s1. The normalized spacial score (nSPS) is 27.9. The van der Waals surface area contributed by atoms with E-state index in [2.05, 4.69) is 15.3 Å². The zero-order chi connectivity index (χ0) is 23.6. The smallest absolute Gasteiger partial charge is 0.343 e. The summed E-state index contributed by atoms with van der Waals surface area (Å²) in [6.45, 7) is 2.60. The minimum Gasteiger partial charge on any atom is -1.00 e. The van der Waals surface area contributed by atoms with Crippen molar-refractivity contribution >= 4 is 17.8 Å². The summed E-state index contributed by atoms with van der Waals surface area (Å²) in [6.07, 6.45) is 12.2. The minimum atomic E-state index is -1.70. The topological polar surface area (TPSA) is 115 Å². The van der Waals surface area contributed by atoms with Crippen LogP contribution in [0.15, 0.2) is 41.5 Å². The molecule has 2 atom stereocenters. The summed E-state index contributed by atoms with van der Waals surface area (Å²) >= 11 is 0. The van der Waals surface area contributed by atoms with Crippen LogP contribution in [0.25, 0.3) is 0 Å². The zero-order valence-corrected chi connectivity index (χ0v) is 21.4. The Hall–Kier alpha value is -2.30. The molecule has 2 aromatic heterocycles. The molecule has 1 saturated carbocycles. The quantitative estimate of drug-likeness (QED) is 0.358. The van der Waals surface area contributed by atoms with Gasteiger partial charge in [0, 0.05) is 42.6 Å². The van der Waals surface area contributed by atoms with Crippen LogP contribution in [0.4, 0.5) is 5.95 Å². The first-order valence-corrected chi connectivity index (χ1v) is 12.4. The third kappa shape index (κ3) is 5.29. The number of ether oxygens (including phenoxy) is 1. The van der Waals surface area contributed by atoms with Gasteiger partial charge in [0.2, 0.25) is 5.95 Å². The first kappa shape index (κ1) is 25.8. The van der Waals surface area contributed by atoms with Crippen LogP contribution < -0.4 is 22.3 Å².